The van der Waals surface area contributed by atoms with Crippen LogP contribution in [0.25, 0.3) is 0 Å². The molecule has 0 radical (unpaired) electrons. The third-order valence-electron chi connectivity index (χ3n) is 5.53. The number of nitrogens with one attached hydrogen (secondary N) is 1. The van der Waals surface area contributed by atoms with E-state index in [4.69, 9.17) is 9.97 Å². The number of anilines is 1. The number of thiazole rings is 1. The minimum Gasteiger partial charge on any atom is -0.481 e. The monoisotopic (exact) mass is 421 g/mol. The number of nitrogens with zero attached hydrogens (tertiary/aromatic N) is 2. The van der Waals surface area contributed by atoms with Gasteiger partial charge in [-0.2, -0.15) is 0 Å². The molecule has 2 aromatic heterocycles. The highest BCUT2D eigenvalue weighted by molar-refractivity contribution is 7.09. The fourth-order valence-corrected chi connectivity index (χ4v) is 4.88. The van der Waals surface area contributed by atoms with Crippen LogP contribution in [0, 0.1) is 0 Å². The van der Waals surface area contributed by atoms with Crippen molar-refractivity contribution in [2.45, 2.75) is 50.9 Å². The second-order valence-corrected chi connectivity index (χ2v) is 8.78. The molecular weight excluding hydrogens is 394 g/mol. The van der Waals surface area contributed by atoms with Gasteiger partial charge in [0.05, 0.1) is 17.1 Å². The summed E-state index contributed by atoms with van der Waals surface area (Å²) in [5.74, 6) is 0.239. The van der Waals surface area contributed by atoms with Crippen molar-refractivity contribution in [3.63, 3.8) is 0 Å². The lowest BCUT2D eigenvalue weighted by atomic mass is 9.93. The predicted octanol–water partition coefficient (Wildman–Crippen LogP) is 4.87. The van der Waals surface area contributed by atoms with E-state index in [0.29, 0.717) is 6.42 Å². The number of pyridine rings is 1. The number of rotatable bonds is 9. The Morgan fingerprint density at radius 3 is 2.77 bits per heavy atom. The van der Waals surface area contributed by atoms with Gasteiger partial charge in [0.1, 0.15) is 5.82 Å². The van der Waals surface area contributed by atoms with E-state index < -0.39 is 5.97 Å². The van der Waals surface area contributed by atoms with Crippen LogP contribution in [0.1, 0.15) is 52.7 Å². The van der Waals surface area contributed by atoms with Crippen LogP contribution in [0.3, 0.4) is 0 Å². The van der Waals surface area contributed by atoms with Crippen molar-refractivity contribution in [3.05, 3.63) is 75.4 Å². The van der Waals surface area contributed by atoms with Gasteiger partial charge >= 0.3 is 5.97 Å². The van der Waals surface area contributed by atoms with Crippen molar-refractivity contribution in [1.82, 2.24) is 9.97 Å². The molecule has 1 aliphatic heterocycles. The first-order chi connectivity index (χ1) is 14.7. The molecule has 1 aliphatic rings. The second-order valence-electron chi connectivity index (χ2n) is 7.84. The van der Waals surface area contributed by atoms with Crippen LogP contribution in [-0.2, 0) is 30.5 Å². The summed E-state index contributed by atoms with van der Waals surface area (Å²) >= 11 is 1.63. The molecule has 0 bridgehead atoms. The smallest absolute Gasteiger partial charge is 0.303 e. The molecule has 1 unspecified atom stereocenters. The van der Waals surface area contributed by atoms with E-state index in [9.17, 15) is 9.90 Å². The highest BCUT2D eigenvalue weighted by atomic mass is 32.1. The zero-order valence-electron chi connectivity index (χ0n) is 17.0. The molecule has 6 heteroatoms. The molecule has 0 fully saturated rings. The maximum Gasteiger partial charge on any atom is 0.303 e. The summed E-state index contributed by atoms with van der Waals surface area (Å²) in [6.45, 7) is 1.01. The molecule has 1 atom stereocenters. The lowest BCUT2D eigenvalue weighted by Crippen LogP contribution is -2.14. The molecule has 0 spiro atoms. The maximum atomic E-state index is 11.3. The fraction of sp³-hybridized carbons (Fsp3) is 0.375. The molecule has 3 heterocycles. The van der Waals surface area contributed by atoms with Crippen LogP contribution in [0.2, 0.25) is 0 Å². The number of hydrogen-bond donors (Lipinski definition) is 2. The number of fused-ring (bicyclic) bond motifs is 1. The average molecular weight is 422 g/mol. The maximum absolute atomic E-state index is 11.3. The van der Waals surface area contributed by atoms with Crippen molar-refractivity contribution in [1.29, 1.82) is 0 Å². The van der Waals surface area contributed by atoms with Gasteiger partial charge in [0, 0.05) is 30.0 Å². The van der Waals surface area contributed by atoms with Crippen molar-refractivity contribution in [3.8, 4) is 0 Å². The Morgan fingerprint density at radius 2 is 1.93 bits per heavy atom. The number of aliphatic carboxylic acids is 1. The topological polar surface area (TPSA) is 75.1 Å². The molecule has 2 N–H and O–H groups in total. The van der Waals surface area contributed by atoms with Gasteiger partial charge < -0.3 is 10.4 Å². The zero-order valence-corrected chi connectivity index (χ0v) is 17.8. The summed E-state index contributed by atoms with van der Waals surface area (Å²) in [6, 6.07) is 14.2. The lowest BCUT2D eigenvalue weighted by molar-refractivity contribution is -0.137. The van der Waals surface area contributed by atoms with Gasteiger partial charge in [-0.1, -0.05) is 36.4 Å². The number of carbonyl (C=O) groups is 1. The van der Waals surface area contributed by atoms with E-state index in [1.54, 1.807) is 11.3 Å². The number of benzene rings is 1. The minimum absolute atomic E-state index is 0.0464. The summed E-state index contributed by atoms with van der Waals surface area (Å²) in [4.78, 5) is 20.9. The van der Waals surface area contributed by atoms with E-state index in [-0.39, 0.29) is 12.3 Å². The average Bonchev–Trinajstić information content (AvgIpc) is 3.21. The number of carboxylic acids is 1. The third kappa shape index (κ3) is 5.45. The summed E-state index contributed by atoms with van der Waals surface area (Å²) < 4.78 is 0. The first kappa shape index (κ1) is 20.5. The van der Waals surface area contributed by atoms with E-state index >= 15 is 0 Å². The summed E-state index contributed by atoms with van der Waals surface area (Å²) in [7, 11) is 0. The lowest BCUT2D eigenvalue weighted by Gasteiger charge is -2.17. The molecule has 3 aromatic rings. The van der Waals surface area contributed by atoms with Crippen LogP contribution in [-0.4, -0.2) is 27.6 Å². The van der Waals surface area contributed by atoms with Crippen LogP contribution in [0.15, 0.2) is 47.8 Å². The van der Waals surface area contributed by atoms with Crippen molar-refractivity contribution >= 4 is 23.1 Å². The molecule has 0 saturated heterocycles. The third-order valence-corrected chi connectivity index (χ3v) is 6.45. The molecule has 156 valence electrons. The first-order valence-corrected chi connectivity index (χ1v) is 11.5. The summed E-state index contributed by atoms with van der Waals surface area (Å²) in [6.07, 6.45) is 5.94. The van der Waals surface area contributed by atoms with Crippen LogP contribution in [0.4, 0.5) is 5.82 Å². The quantitative estimate of drug-likeness (QED) is 0.515. The van der Waals surface area contributed by atoms with E-state index in [0.717, 1.165) is 60.0 Å². The van der Waals surface area contributed by atoms with Gasteiger partial charge in [-0.3, -0.25) is 4.79 Å². The highest BCUT2D eigenvalue weighted by Gasteiger charge is 2.18. The van der Waals surface area contributed by atoms with E-state index in [1.165, 1.54) is 12.0 Å². The molecule has 1 aromatic carbocycles. The molecule has 0 amide bonds. The Morgan fingerprint density at radius 1 is 1.10 bits per heavy atom. The Hall–Kier alpha value is -2.73. The van der Waals surface area contributed by atoms with E-state index in [1.807, 2.05) is 30.3 Å². The summed E-state index contributed by atoms with van der Waals surface area (Å²) in [5, 5.41) is 15.8. The van der Waals surface area contributed by atoms with Gasteiger partial charge in [0.2, 0.25) is 0 Å². The number of aryl methyl sites for hydroxylation is 3. The van der Waals surface area contributed by atoms with E-state index in [2.05, 4.69) is 22.8 Å². The number of aromatic nitrogens is 2. The van der Waals surface area contributed by atoms with Crippen molar-refractivity contribution in [2.75, 3.05) is 11.9 Å². The Kier molecular flexibility index (Phi) is 6.74. The minimum atomic E-state index is -0.771. The normalized spacial score (nSPS) is 14.0. The van der Waals surface area contributed by atoms with Gasteiger partial charge in [-0.25, -0.2) is 9.97 Å². The molecule has 0 aliphatic carbocycles. The largest absolute Gasteiger partial charge is 0.481 e. The van der Waals surface area contributed by atoms with Gasteiger partial charge in [0.15, 0.2) is 0 Å². The molecule has 5 nitrogen and oxygen atoms in total. The highest BCUT2D eigenvalue weighted by Crippen LogP contribution is 2.26. The van der Waals surface area contributed by atoms with Gasteiger partial charge in [0.25, 0.3) is 0 Å². The second kappa shape index (κ2) is 9.85. The molecule has 0 saturated carbocycles. The van der Waals surface area contributed by atoms with Crippen molar-refractivity contribution < 1.29 is 9.90 Å². The van der Waals surface area contributed by atoms with Crippen LogP contribution < -0.4 is 5.32 Å². The molecule has 30 heavy (non-hydrogen) atoms. The predicted molar refractivity (Wildman–Crippen MR) is 120 cm³/mol. The Bertz CT molecular complexity index is 987. The van der Waals surface area contributed by atoms with Crippen LogP contribution in [0.5, 0.6) is 0 Å². The van der Waals surface area contributed by atoms with Gasteiger partial charge in [-0.15, -0.1) is 11.3 Å². The number of carboxylic acid groups (broad SMARTS) is 1. The Labute approximate surface area is 181 Å². The van der Waals surface area contributed by atoms with Crippen LogP contribution >= 0.6 is 11.3 Å². The molecular formula is C24H27N3O2S. The fourth-order valence-electron chi connectivity index (χ4n) is 3.97. The first-order valence-electron chi connectivity index (χ1n) is 10.6. The van der Waals surface area contributed by atoms with Gasteiger partial charge in [-0.05, 0) is 49.3 Å². The van der Waals surface area contributed by atoms with Crippen molar-refractivity contribution in [2.24, 2.45) is 0 Å². The summed E-state index contributed by atoms with van der Waals surface area (Å²) in [5.41, 5.74) is 4.60. The Balaban J connectivity index is 1.33. The SMILES string of the molecule is O=C(O)CC(Cc1nc(CCCc2ccc3c(n2)NCCC3)cs1)c1ccccc1. The number of hydrogen-bond acceptors (Lipinski definition) is 5. The standard InChI is InChI=1S/C24H27N3O2S/c28-23(29)15-19(17-6-2-1-3-7-17)14-22-26-21(16-30-22)10-4-9-20-12-11-18-8-5-13-25-24(18)27-20/h1-3,6-7,11-12,16,19H,4-5,8-10,13-15H2,(H,25,27)(H,28,29). The molecule has 4 rings (SSSR count). The zero-order chi connectivity index (χ0) is 20.8.